The number of imidazole rings is 1. The van der Waals surface area contributed by atoms with Crippen LogP contribution in [-0.2, 0) is 11.3 Å². The summed E-state index contributed by atoms with van der Waals surface area (Å²) in [5.41, 5.74) is 4.70. The molecule has 3 rings (SSSR count). The van der Waals surface area contributed by atoms with E-state index >= 15 is 0 Å². The van der Waals surface area contributed by atoms with Crippen molar-refractivity contribution in [1.82, 2.24) is 14.5 Å². The Hall–Kier alpha value is -2.53. The Labute approximate surface area is 158 Å². The highest BCUT2D eigenvalue weighted by molar-refractivity contribution is 7.99. The minimum atomic E-state index is 0.0912. The summed E-state index contributed by atoms with van der Waals surface area (Å²) in [5, 5.41) is 0.828. The Kier molecular flexibility index (Phi) is 5.78. The van der Waals surface area contributed by atoms with Crippen LogP contribution in [0.25, 0.3) is 5.69 Å². The van der Waals surface area contributed by atoms with Crippen molar-refractivity contribution in [3.63, 3.8) is 0 Å². The van der Waals surface area contributed by atoms with Crippen LogP contribution in [0.2, 0.25) is 0 Å². The van der Waals surface area contributed by atoms with E-state index in [0.29, 0.717) is 12.3 Å². The van der Waals surface area contributed by atoms with Crippen molar-refractivity contribution in [2.75, 3.05) is 12.8 Å². The van der Waals surface area contributed by atoms with Crippen molar-refractivity contribution in [3.05, 3.63) is 77.6 Å². The normalized spacial score (nSPS) is 10.7. The van der Waals surface area contributed by atoms with Crippen LogP contribution >= 0.6 is 11.8 Å². The summed E-state index contributed by atoms with van der Waals surface area (Å²) < 4.78 is 2.03. The van der Waals surface area contributed by atoms with Gasteiger partial charge >= 0.3 is 0 Å². The van der Waals surface area contributed by atoms with Crippen molar-refractivity contribution in [2.24, 2.45) is 0 Å². The van der Waals surface area contributed by atoms with Crippen LogP contribution in [0.5, 0.6) is 0 Å². The summed E-state index contributed by atoms with van der Waals surface area (Å²) >= 11 is 1.47. The molecule has 134 valence electrons. The second-order valence-electron chi connectivity index (χ2n) is 6.37. The van der Waals surface area contributed by atoms with Crippen molar-refractivity contribution in [3.8, 4) is 5.69 Å². The van der Waals surface area contributed by atoms with Crippen LogP contribution in [0, 0.1) is 13.8 Å². The predicted octanol–water partition coefficient (Wildman–Crippen LogP) is 4.24. The third kappa shape index (κ3) is 4.35. The van der Waals surface area contributed by atoms with Crippen molar-refractivity contribution in [1.29, 1.82) is 0 Å². The zero-order valence-corrected chi connectivity index (χ0v) is 16.2. The van der Waals surface area contributed by atoms with E-state index in [1.165, 1.54) is 22.9 Å². The average molecular weight is 366 g/mol. The number of nitrogens with zero attached hydrogens (tertiary/aromatic N) is 3. The van der Waals surface area contributed by atoms with Crippen LogP contribution in [0.4, 0.5) is 0 Å². The van der Waals surface area contributed by atoms with E-state index in [4.69, 9.17) is 0 Å². The molecule has 1 aromatic heterocycles. The molecule has 1 amide bonds. The van der Waals surface area contributed by atoms with E-state index in [1.54, 1.807) is 11.1 Å². The first-order valence-electron chi connectivity index (χ1n) is 8.56. The minimum absolute atomic E-state index is 0.0912. The Morgan fingerprint density at radius 2 is 1.88 bits per heavy atom. The zero-order chi connectivity index (χ0) is 18.5. The molecule has 0 atom stereocenters. The molecule has 0 fully saturated rings. The molecule has 3 aromatic rings. The van der Waals surface area contributed by atoms with Crippen LogP contribution in [0.3, 0.4) is 0 Å². The quantitative estimate of drug-likeness (QED) is 0.613. The fraction of sp³-hybridized carbons (Fsp3) is 0.238. The summed E-state index contributed by atoms with van der Waals surface area (Å²) in [7, 11) is 1.84. The number of benzene rings is 2. The number of hydrogen-bond donors (Lipinski definition) is 0. The maximum Gasteiger partial charge on any atom is 0.233 e. The van der Waals surface area contributed by atoms with Crippen LogP contribution < -0.4 is 0 Å². The molecule has 0 spiro atoms. The average Bonchev–Trinajstić information content (AvgIpc) is 3.11. The molecule has 0 bridgehead atoms. The van der Waals surface area contributed by atoms with Gasteiger partial charge in [0.15, 0.2) is 5.16 Å². The third-order valence-electron chi connectivity index (χ3n) is 4.39. The first-order chi connectivity index (χ1) is 12.5. The van der Waals surface area contributed by atoms with Gasteiger partial charge in [-0.2, -0.15) is 0 Å². The summed E-state index contributed by atoms with van der Waals surface area (Å²) in [6.45, 7) is 4.82. The van der Waals surface area contributed by atoms with E-state index < -0.39 is 0 Å². The Morgan fingerprint density at radius 3 is 2.62 bits per heavy atom. The summed E-state index contributed by atoms with van der Waals surface area (Å²) in [6, 6.07) is 16.4. The van der Waals surface area contributed by atoms with Crippen LogP contribution in [0.1, 0.15) is 16.7 Å². The molecular formula is C21H23N3OS. The highest BCUT2D eigenvalue weighted by atomic mass is 32.2. The van der Waals surface area contributed by atoms with Gasteiger partial charge in [-0.25, -0.2) is 4.98 Å². The number of aryl methyl sites for hydroxylation is 2. The molecule has 0 N–H and O–H groups in total. The maximum absolute atomic E-state index is 12.5. The number of carbonyl (C=O) groups is 1. The Morgan fingerprint density at radius 1 is 1.12 bits per heavy atom. The van der Waals surface area contributed by atoms with E-state index in [0.717, 1.165) is 16.4 Å². The topological polar surface area (TPSA) is 38.1 Å². The highest BCUT2D eigenvalue weighted by Gasteiger charge is 2.13. The van der Waals surface area contributed by atoms with Gasteiger partial charge < -0.3 is 4.90 Å². The lowest BCUT2D eigenvalue weighted by Crippen LogP contribution is -2.27. The number of aromatic nitrogens is 2. The highest BCUT2D eigenvalue weighted by Crippen LogP contribution is 2.22. The van der Waals surface area contributed by atoms with E-state index in [1.807, 2.05) is 48.1 Å². The SMILES string of the molecule is Cc1ccc(-n2ccnc2SCC(=O)N(C)Cc2ccccc2)cc1C. The molecule has 0 aliphatic carbocycles. The van der Waals surface area contributed by atoms with Gasteiger partial charge in [-0.1, -0.05) is 48.2 Å². The van der Waals surface area contributed by atoms with E-state index in [2.05, 4.69) is 37.0 Å². The summed E-state index contributed by atoms with van der Waals surface area (Å²) in [5.74, 6) is 0.457. The number of amides is 1. The standard InChI is InChI=1S/C21H23N3OS/c1-16-9-10-19(13-17(16)2)24-12-11-22-21(24)26-15-20(25)23(3)14-18-7-5-4-6-8-18/h4-13H,14-15H2,1-3H3. The second-order valence-corrected chi connectivity index (χ2v) is 7.31. The molecule has 4 nitrogen and oxygen atoms in total. The maximum atomic E-state index is 12.5. The monoisotopic (exact) mass is 365 g/mol. The smallest absolute Gasteiger partial charge is 0.233 e. The zero-order valence-electron chi connectivity index (χ0n) is 15.3. The summed E-state index contributed by atoms with van der Waals surface area (Å²) in [4.78, 5) is 18.6. The van der Waals surface area contributed by atoms with Crippen molar-refractivity contribution >= 4 is 17.7 Å². The molecule has 0 saturated heterocycles. The largest absolute Gasteiger partial charge is 0.341 e. The lowest BCUT2D eigenvalue weighted by atomic mass is 10.1. The molecule has 26 heavy (non-hydrogen) atoms. The molecule has 0 aliphatic rings. The number of hydrogen-bond acceptors (Lipinski definition) is 3. The van der Waals surface area contributed by atoms with Gasteiger partial charge in [-0.05, 0) is 42.7 Å². The van der Waals surface area contributed by atoms with Gasteiger partial charge in [0.1, 0.15) is 0 Å². The fourth-order valence-electron chi connectivity index (χ4n) is 2.65. The second kappa shape index (κ2) is 8.23. The Balaban J connectivity index is 1.64. The molecule has 0 saturated carbocycles. The van der Waals surface area contributed by atoms with Gasteiger partial charge in [0.05, 0.1) is 5.75 Å². The van der Waals surface area contributed by atoms with Crippen LogP contribution in [0.15, 0.2) is 66.1 Å². The molecule has 2 aromatic carbocycles. The van der Waals surface area contributed by atoms with E-state index in [9.17, 15) is 4.79 Å². The molecular weight excluding hydrogens is 342 g/mol. The van der Waals surface area contributed by atoms with Gasteiger partial charge in [0.2, 0.25) is 5.91 Å². The fourth-order valence-corrected chi connectivity index (χ4v) is 3.56. The lowest BCUT2D eigenvalue weighted by molar-refractivity contribution is -0.127. The minimum Gasteiger partial charge on any atom is -0.341 e. The molecule has 0 radical (unpaired) electrons. The molecule has 5 heteroatoms. The van der Waals surface area contributed by atoms with Crippen LogP contribution in [-0.4, -0.2) is 33.2 Å². The van der Waals surface area contributed by atoms with Crippen molar-refractivity contribution < 1.29 is 4.79 Å². The Bertz CT molecular complexity index is 889. The third-order valence-corrected chi connectivity index (χ3v) is 5.34. The number of rotatable bonds is 6. The number of thioether (sulfide) groups is 1. The van der Waals surface area contributed by atoms with Gasteiger partial charge in [-0.15, -0.1) is 0 Å². The van der Waals surface area contributed by atoms with Gasteiger partial charge in [0, 0.05) is 31.7 Å². The van der Waals surface area contributed by atoms with E-state index in [-0.39, 0.29) is 5.91 Å². The number of carbonyl (C=O) groups excluding carboxylic acids is 1. The molecule has 0 aliphatic heterocycles. The lowest BCUT2D eigenvalue weighted by Gasteiger charge is -2.17. The molecule has 1 heterocycles. The predicted molar refractivity (Wildman–Crippen MR) is 107 cm³/mol. The van der Waals surface area contributed by atoms with Gasteiger partial charge in [-0.3, -0.25) is 9.36 Å². The summed E-state index contributed by atoms with van der Waals surface area (Å²) in [6.07, 6.45) is 3.71. The van der Waals surface area contributed by atoms with Gasteiger partial charge in [0.25, 0.3) is 0 Å². The first kappa shape index (κ1) is 18.3. The van der Waals surface area contributed by atoms with Crippen molar-refractivity contribution in [2.45, 2.75) is 25.5 Å². The molecule has 0 unspecified atom stereocenters. The first-order valence-corrected chi connectivity index (χ1v) is 9.55.